The summed E-state index contributed by atoms with van der Waals surface area (Å²) in [5, 5.41) is 58.0. The molecule has 0 aliphatic carbocycles. The van der Waals surface area contributed by atoms with Crippen molar-refractivity contribution >= 4 is 128 Å². The second-order valence-corrected chi connectivity index (χ2v) is 32.0. The van der Waals surface area contributed by atoms with E-state index in [2.05, 4.69) is 226 Å². The van der Waals surface area contributed by atoms with Crippen molar-refractivity contribution in [3.05, 3.63) is 299 Å². The summed E-state index contributed by atoms with van der Waals surface area (Å²) in [6.07, 6.45) is 4.25. The fraction of sp³-hybridized carbons (Fsp3) is 0.176. The largest absolute Gasteiger partial charge is 0.0622 e. The average Bonchev–Trinajstić information content (AvgIpc) is 1.59. The predicted molar refractivity (Wildman–Crippen MR) is 433 cm³/mol. The molecule has 16 nitrogen and oxygen atoms in total. The fourth-order valence-corrected chi connectivity index (χ4v) is 16.5. The number of halogens is 3. The van der Waals surface area contributed by atoms with Gasteiger partial charge in [0.15, 0.2) is 11.4 Å². The van der Waals surface area contributed by atoms with Gasteiger partial charge in [0.25, 0.3) is 11.8 Å². The van der Waals surface area contributed by atoms with E-state index in [4.69, 9.17) is 35.0 Å². The average molecular weight is 1670 g/mol. The summed E-state index contributed by atoms with van der Waals surface area (Å²) < 4.78 is 13.9. The molecule has 2 fully saturated rings. The van der Waals surface area contributed by atoms with E-state index in [0.29, 0.717) is 52.6 Å². The van der Waals surface area contributed by atoms with Gasteiger partial charge in [-0.3, -0.25) is 9.59 Å². The first kappa shape index (κ1) is 83.2. The van der Waals surface area contributed by atoms with Gasteiger partial charge in [0.05, 0.1) is 48.8 Å². The third-order valence-corrected chi connectivity index (χ3v) is 22.4. The number of amides is 2. The third kappa shape index (κ3) is 21.3. The molecule has 0 bridgehead atoms. The van der Waals surface area contributed by atoms with Crippen LogP contribution in [0.5, 0.6) is 0 Å². The van der Waals surface area contributed by atoms with Crippen molar-refractivity contribution < 1.29 is 65.0 Å². The molecule has 10 aromatic carbocycles. The zero-order valence-corrected chi connectivity index (χ0v) is 65.2. The van der Waals surface area contributed by atoms with Crippen LogP contribution in [-0.2, 0) is 35.0 Å². The quantitative estimate of drug-likeness (QED) is 0.0390. The number of hydrogen-bond acceptors (Lipinski definition) is 12. The fourth-order valence-electron chi connectivity index (χ4n) is 11.5. The summed E-state index contributed by atoms with van der Waals surface area (Å²) in [4.78, 5) is 50.4. The maximum atomic E-state index is 12.3. The molecule has 2 aliphatic heterocycles. The van der Waals surface area contributed by atoms with Crippen LogP contribution in [-0.4, -0.2) is 126 Å². The molecular weight excluding hydrogens is 1580 g/mol. The second-order valence-electron chi connectivity index (χ2n) is 24.2. The molecule has 2 amide bonds. The van der Waals surface area contributed by atoms with Crippen LogP contribution in [0.25, 0.3) is 33.2 Å². The Bertz CT molecular complexity index is 4750. The molecular formula is C85H81BrCl2N6O10P2Pd. The van der Waals surface area contributed by atoms with Crippen LogP contribution in [0.15, 0.2) is 271 Å². The van der Waals surface area contributed by atoms with Crippen molar-refractivity contribution in [2.75, 3.05) is 41.4 Å². The standard InChI is InChI=1S/C24H23N3O5.2C18H15P.C17H15BrN2O3.C7H9NO2.CH4.2ClH.Pd/c1-15(28)17-7-8-20-19(14-17)21(22(29)32-3)25-27(20)18-6-4-5-16(13-18)9-10-24(31)11-12-26(2)23(24)30;2*1-4-10-16(11-5-1)19(17-12-6-2-7-13-17)18-14-8-3-9-15-18;1-10(21)11-6-7-15-14(8-11)16(17(22)23-2)19-20(15)13-5-3-4-12(18)9-13;1-3-7(10)4-5-8(2)6(7)9;;;;/h4-8,13-15,28,31H,11-12H2,1-3H3;2*1-15H;3-10,21H,1-2H3;1,10H,4-5H2,2H3;1H4;2*1H;/q;;;;;;;;+2/p-2/t15?,24-;;;;7-;;;;/m0...0..../s1. The number of hydrogen-bond donors (Lipinski definition) is 4. The number of fused-ring (bicyclic) bond motifs is 2. The third-order valence-electron chi connectivity index (χ3n) is 17.0. The van der Waals surface area contributed by atoms with Crippen molar-refractivity contribution in [1.29, 1.82) is 0 Å². The summed E-state index contributed by atoms with van der Waals surface area (Å²) in [5.74, 6) is 5.81. The van der Waals surface area contributed by atoms with Crippen molar-refractivity contribution in [1.82, 2.24) is 29.4 Å². The normalized spacial score (nSPS) is 15.3. The molecule has 4 heterocycles. The van der Waals surface area contributed by atoms with Gasteiger partial charge in [0.1, 0.15) is 0 Å². The predicted octanol–water partition coefficient (Wildman–Crippen LogP) is 13.6. The molecule has 0 saturated carbocycles. The first-order valence-corrected chi connectivity index (χ1v) is 40.8. The number of methoxy groups -OCH3 is 2. The van der Waals surface area contributed by atoms with Crippen molar-refractivity contribution in [3.8, 4) is 35.6 Å². The van der Waals surface area contributed by atoms with Gasteiger partial charge in [-0.15, -0.1) is 6.42 Å². The Balaban J connectivity index is 0.000000173. The number of carbonyl (C=O) groups is 4. The first-order valence-electron chi connectivity index (χ1n) is 33.3. The molecule has 2 unspecified atom stereocenters. The number of ether oxygens (including phenoxy) is 2. The summed E-state index contributed by atoms with van der Waals surface area (Å²) in [6.45, 7) is 4.32. The van der Waals surface area contributed by atoms with Crippen LogP contribution in [0.2, 0.25) is 0 Å². The number of likely N-dealkylation sites (N-methyl/N-ethyl adjacent to an activating group) is 2. The Morgan fingerprint density at radius 3 is 1.13 bits per heavy atom. The van der Waals surface area contributed by atoms with Gasteiger partial charge in [-0.05, 0) is 133 Å². The molecule has 12 aromatic rings. The molecule has 22 heteroatoms. The number of rotatable bonds is 12. The zero-order chi connectivity index (χ0) is 75.9. The minimum Gasteiger partial charge on any atom is -0.0622 e. The number of benzene rings is 10. The number of nitrogens with zero attached hydrogens (tertiary/aromatic N) is 6. The molecule has 0 spiro atoms. The summed E-state index contributed by atoms with van der Waals surface area (Å²) in [5.41, 5.74) is 2.01. The molecule has 107 heavy (non-hydrogen) atoms. The van der Waals surface area contributed by atoms with E-state index in [-0.39, 0.29) is 47.1 Å². The monoisotopic (exact) mass is 1660 g/mol. The smallest absolute Gasteiger partial charge is 0.0134 e. The molecule has 2 saturated heterocycles. The Hall–Kier alpha value is -9.44. The number of aromatic nitrogens is 4. The van der Waals surface area contributed by atoms with Gasteiger partial charge in [-0.2, -0.15) is 10.2 Å². The first-order chi connectivity index (χ1) is 51.1. The van der Waals surface area contributed by atoms with Gasteiger partial charge in [-0.25, -0.2) is 19.0 Å². The minimum absolute atomic E-state index is 0. The van der Waals surface area contributed by atoms with Gasteiger partial charge >= 0.3 is 46.9 Å². The number of likely N-dealkylation sites (tertiary alicyclic amines) is 2. The van der Waals surface area contributed by atoms with Crippen LogP contribution in [0.3, 0.4) is 0 Å². The van der Waals surface area contributed by atoms with Gasteiger partial charge in [-0.1, -0.05) is 247 Å². The number of carbonyl (C=O) groups excluding carboxylic acids is 4. The van der Waals surface area contributed by atoms with Gasteiger partial charge in [0.2, 0.25) is 11.2 Å². The van der Waals surface area contributed by atoms with Crippen LogP contribution in [0.4, 0.5) is 0 Å². The zero-order valence-electron chi connectivity index (χ0n) is 58.7. The summed E-state index contributed by atoms with van der Waals surface area (Å²) in [7, 11) is 14.6. The molecule has 2 aliphatic rings. The van der Waals surface area contributed by atoms with Crippen molar-refractivity contribution in [2.45, 2.75) is 57.5 Å². The number of esters is 2. The van der Waals surface area contributed by atoms with Crippen LogP contribution >= 0.6 is 50.8 Å². The van der Waals surface area contributed by atoms with E-state index in [0.717, 1.165) is 21.2 Å². The van der Waals surface area contributed by atoms with Crippen LogP contribution in [0, 0.1) is 24.2 Å². The topological polar surface area (TPSA) is 210 Å². The Kier molecular flexibility index (Phi) is 31.1. The van der Waals surface area contributed by atoms with E-state index in [1.54, 1.807) is 79.8 Å². The van der Waals surface area contributed by atoms with Crippen LogP contribution < -0.4 is 31.8 Å². The van der Waals surface area contributed by atoms with Gasteiger partial charge < -0.3 is 39.7 Å². The number of terminal acetylenes is 1. The molecule has 552 valence electrons. The Labute approximate surface area is 651 Å². The van der Waals surface area contributed by atoms with Crippen LogP contribution in [0.1, 0.15) is 84.0 Å². The number of aliphatic hydroxyl groups is 4. The Morgan fingerprint density at radius 1 is 0.514 bits per heavy atom. The molecule has 4 atom stereocenters. The van der Waals surface area contributed by atoms with E-state index in [1.165, 1.54) is 55.8 Å². The number of aliphatic hydroxyl groups excluding tert-OH is 2. The van der Waals surface area contributed by atoms with E-state index in [1.807, 2.05) is 42.5 Å². The molecule has 2 aromatic heterocycles. The molecule has 0 radical (unpaired) electrons. The SMILES string of the molecule is C.C#C[C@]1(O)CCN(C)C1=O.COC(=O)c1nn(-c2cccc(Br)c2)c2ccc(C(C)O)cc12.COC(=O)c1nn(-c2cccc(C#C[C@]3(O)CCN(C)C3=O)c2)c2ccc(C(C)O)cc12.[Cl][Pd][Cl].c1ccc(P(c2ccccc2)c2ccccc2)cc1.c1ccc(P(c2ccccc2)c2ccccc2)cc1. The maximum Gasteiger partial charge on any atom is -0.0134 e. The minimum atomic E-state index is -1.68. The van der Waals surface area contributed by atoms with E-state index >= 15 is 0 Å². The summed E-state index contributed by atoms with van der Waals surface area (Å²) >= 11 is 3.33. The molecule has 4 N–H and O–H groups in total. The second kappa shape index (κ2) is 40.0. The maximum absolute atomic E-state index is 12.3. The van der Waals surface area contributed by atoms with E-state index < -0.39 is 57.1 Å². The summed E-state index contributed by atoms with van der Waals surface area (Å²) in [6, 6.07) is 90.1. The Morgan fingerprint density at radius 2 is 0.841 bits per heavy atom. The van der Waals surface area contributed by atoms with Gasteiger partial charge in [0, 0.05) is 60.8 Å². The van der Waals surface area contributed by atoms with Crippen molar-refractivity contribution in [2.24, 2.45) is 0 Å². The van der Waals surface area contributed by atoms with E-state index in [9.17, 15) is 39.6 Å². The molecule has 14 rings (SSSR count). The van der Waals surface area contributed by atoms with Crippen molar-refractivity contribution in [3.63, 3.8) is 0 Å².